The zero-order chi connectivity index (χ0) is 9.69. The summed E-state index contributed by atoms with van der Waals surface area (Å²) in [7, 11) is 0. The predicted molar refractivity (Wildman–Crippen MR) is 48.5 cm³/mol. The van der Waals surface area contributed by atoms with E-state index in [1.54, 1.807) is 18.2 Å². The molecule has 13 heavy (non-hydrogen) atoms. The third kappa shape index (κ3) is 1.16. The maximum absolute atomic E-state index is 13.6. The summed E-state index contributed by atoms with van der Waals surface area (Å²) in [5, 5.41) is -5.14. The summed E-state index contributed by atoms with van der Waals surface area (Å²) in [6.45, 7) is 0. The molecule has 0 saturated heterocycles. The first kappa shape index (κ1) is 9.22. The van der Waals surface area contributed by atoms with Gasteiger partial charge in [0.1, 0.15) is 0 Å². The number of hydrogen-bond acceptors (Lipinski definition) is 0. The highest BCUT2D eigenvalue weighted by Crippen LogP contribution is 2.54. The summed E-state index contributed by atoms with van der Waals surface area (Å²) in [5.41, 5.74) is 0.659. The molecule has 1 aliphatic carbocycles. The normalized spacial score (nSPS) is 37.5. The summed E-state index contributed by atoms with van der Waals surface area (Å²) in [4.78, 5) is 0. The van der Waals surface area contributed by atoms with Crippen LogP contribution in [0.2, 0.25) is 0 Å². The fraction of sp³-hybridized carbons (Fsp3) is 0.333. The zero-order valence-electron chi connectivity index (χ0n) is 6.53. The Bertz CT molecular complexity index is 347. The summed E-state index contributed by atoms with van der Waals surface area (Å²) >= 11 is 10.8. The van der Waals surface area contributed by atoms with Gasteiger partial charge in [-0.3, -0.25) is 0 Å². The molecule has 0 heterocycles. The lowest BCUT2D eigenvalue weighted by atomic mass is 10.1. The van der Waals surface area contributed by atoms with Crippen molar-refractivity contribution in [2.24, 2.45) is 0 Å². The van der Waals surface area contributed by atoms with Crippen molar-refractivity contribution < 1.29 is 8.78 Å². The van der Waals surface area contributed by atoms with Gasteiger partial charge in [-0.05, 0) is 5.56 Å². The maximum Gasteiger partial charge on any atom is 0.257 e. The van der Waals surface area contributed by atoms with Crippen LogP contribution in [0.3, 0.4) is 0 Å². The number of halogens is 4. The van der Waals surface area contributed by atoms with E-state index in [-0.39, 0.29) is 12.0 Å². The number of hydrogen-bond donors (Lipinski definition) is 0. The van der Waals surface area contributed by atoms with Crippen LogP contribution in [0.4, 0.5) is 8.78 Å². The molecule has 4 heteroatoms. The van der Waals surface area contributed by atoms with E-state index in [1.165, 1.54) is 6.07 Å². The molecular formula is C9H6Cl2F2. The molecule has 2 rings (SSSR count). The summed E-state index contributed by atoms with van der Waals surface area (Å²) in [6, 6.07) is 6.37. The molecule has 0 radical (unpaired) electrons. The fourth-order valence-corrected chi connectivity index (χ4v) is 2.02. The molecule has 0 nitrogen and oxygen atoms in total. The van der Waals surface area contributed by atoms with Crippen molar-refractivity contribution in [3.05, 3.63) is 35.4 Å². The minimum atomic E-state index is -2.61. The average molecular weight is 223 g/mol. The van der Waals surface area contributed by atoms with E-state index in [0.717, 1.165) is 0 Å². The number of alkyl halides is 4. The molecule has 0 fully saturated rings. The smallest absolute Gasteiger partial charge is 0.220 e. The molecule has 0 spiro atoms. The molecule has 0 bridgehead atoms. The highest BCUT2D eigenvalue weighted by atomic mass is 35.5. The Morgan fingerprint density at radius 2 is 1.77 bits per heavy atom. The Hall–Kier alpha value is -0.340. The van der Waals surface area contributed by atoms with Crippen molar-refractivity contribution in [3.63, 3.8) is 0 Å². The van der Waals surface area contributed by atoms with Crippen LogP contribution in [0.1, 0.15) is 11.1 Å². The number of benzene rings is 1. The van der Waals surface area contributed by atoms with Gasteiger partial charge in [0, 0.05) is 12.0 Å². The molecule has 1 aliphatic rings. The van der Waals surface area contributed by atoms with Crippen molar-refractivity contribution in [1.29, 1.82) is 0 Å². The summed E-state index contributed by atoms with van der Waals surface area (Å²) in [6.07, 6.45) is -0.190. The molecular weight excluding hydrogens is 217 g/mol. The quantitative estimate of drug-likeness (QED) is 0.590. The van der Waals surface area contributed by atoms with E-state index >= 15 is 0 Å². The molecule has 1 aromatic rings. The number of rotatable bonds is 0. The van der Waals surface area contributed by atoms with Gasteiger partial charge < -0.3 is 0 Å². The van der Waals surface area contributed by atoms with E-state index in [4.69, 9.17) is 23.2 Å². The first-order valence-corrected chi connectivity index (χ1v) is 4.55. The Labute approximate surface area is 84.5 Å². The van der Waals surface area contributed by atoms with Gasteiger partial charge in [-0.2, -0.15) is 0 Å². The Balaban J connectivity index is 2.60. The summed E-state index contributed by atoms with van der Waals surface area (Å²) < 4.78 is 27.1. The Kier molecular flexibility index (Phi) is 1.83. The second-order valence-corrected chi connectivity index (χ2v) is 4.23. The third-order valence-corrected chi connectivity index (χ3v) is 3.22. The predicted octanol–water partition coefficient (Wildman–Crippen LogP) is 3.51. The highest BCUT2D eigenvalue weighted by Gasteiger charge is 2.58. The van der Waals surface area contributed by atoms with Crippen LogP contribution in [0.15, 0.2) is 24.3 Å². The van der Waals surface area contributed by atoms with Crippen molar-refractivity contribution in [2.45, 2.75) is 16.7 Å². The van der Waals surface area contributed by atoms with Gasteiger partial charge in [-0.15, -0.1) is 0 Å². The van der Waals surface area contributed by atoms with Crippen LogP contribution >= 0.6 is 23.2 Å². The van der Waals surface area contributed by atoms with Crippen LogP contribution in [-0.2, 0) is 11.5 Å². The topological polar surface area (TPSA) is 0 Å². The second kappa shape index (κ2) is 2.58. The average Bonchev–Trinajstić information content (AvgIpc) is 2.20. The van der Waals surface area contributed by atoms with Gasteiger partial charge in [0.05, 0.1) is 0 Å². The standard InChI is InChI=1S/C9H6Cl2F2/c10-8(12)5-6-3-1-2-4-7(6)9(8,11)13/h1-4H,5H2/t8-,9-/m0/s1. The fourth-order valence-electron chi connectivity index (χ4n) is 1.53. The largest absolute Gasteiger partial charge is 0.257 e. The minimum absolute atomic E-state index is 0.133. The van der Waals surface area contributed by atoms with E-state index in [0.29, 0.717) is 5.56 Å². The lowest BCUT2D eigenvalue weighted by Crippen LogP contribution is -2.31. The van der Waals surface area contributed by atoms with Gasteiger partial charge in [0.2, 0.25) is 5.13 Å². The molecule has 0 aliphatic heterocycles. The van der Waals surface area contributed by atoms with E-state index in [9.17, 15) is 8.78 Å². The van der Waals surface area contributed by atoms with Crippen LogP contribution in [0.25, 0.3) is 0 Å². The maximum atomic E-state index is 13.6. The molecule has 2 atom stereocenters. The molecule has 70 valence electrons. The van der Waals surface area contributed by atoms with Crippen LogP contribution < -0.4 is 0 Å². The third-order valence-electron chi connectivity index (χ3n) is 2.23. The molecule has 1 aromatic carbocycles. The van der Waals surface area contributed by atoms with E-state index in [2.05, 4.69) is 0 Å². The molecule has 0 saturated carbocycles. The minimum Gasteiger partial charge on any atom is -0.220 e. The van der Waals surface area contributed by atoms with Crippen molar-refractivity contribution in [1.82, 2.24) is 0 Å². The Morgan fingerprint density at radius 1 is 1.15 bits per heavy atom. The monoisotopic (exact) mass is 222 g/mol. The lowest BCUT2D eigenvalue weighted by Gasteiger charge is -2.21. The second-order valence-electron chi connectivity index (χ2n) is 3.11. The van der Waals surface area contributed by atoms with Crippen LogP contribution in [-0.4, -0.2) is 5.13 Å². The van der Waals surface area contributed by atoms with Crippen molar-refractivity contribution >= 4 is 23.2 Å². The zero-order valence-corrected chi connectivity index (χ0v) is 8.04. The van der Waals surface area contributed by atoms with Gasteiger partial charge in [0.15, 0.2) is 0 Å². The highest BCUT2D eigenvalue weighted by molar-refractivity contribution is 6.34. The number of fused-ring (bicyclic) bond motifs is 1. The first-order chi connectivity index (χ1) is 5.95. The van der Waals surface area contributed by atoms with E-state index < -0.39 is 10.3 Å². The van der Waals surface area contributed by atoms with Crippen molar-refractivity contribution in [2.75, 3.05) is 0 Å². The SMILES string of the molecule is F[C@@]1(Cl)Cc2ccccc2[C@@]1(F)Cl. The Morgan fingerprint density at radius 3 is 2.38 bits per heavy atom. The van der Waals surface area contributed by atoms with Gasteiger partial charge in [0.25, 0.3) is 5.13 Å². The lowest BCUT2D eigenvalue weighted by molar-refractivity contribution is 0.108. The summed E-state index contributed by atoms with van der Waals surface area (Å²) in [5.74, 6) is 0. The van der Waals surface area contributed by atoms with Gasteiger partial charge >= 0.3 is 0 Å². The van der Waals surface area contributed by atoms with Gasteiger partial charge in [-0.25, -0.2) is 8.78 Å². The van der Waals surface area contributed by atoms with Gasteiger partial charge in [-0.1, -0.05) is 47.5 Å². The first-order valence-electron chi connectivity index (χ1n) is 3.79. The van der Waals surface area contributed by atoms with E-state index in [1.807, 2.05) is 0 Å². The molecule has 0 aromatic heterocycles. The molecule has 0 N–H and O–H groups in total. The molecule has 0 unspecified atom stereocenters. The molecule has 0 amide bonds. The van der Waals surface area contributed by atoms with Crippen molar-refractivity contribution in [3.8, 4) is 0 Å². The van der Waals surface area contributed by atoms with Crippen LogP contribution in [0, 0.1) is 0 Å². The van der Waals surface area contributed by atoms with Crippen LogP contribution in [0.5, 0.6) is 0 Å².